The van der Waals surface area contributed by atoms with Crippen LogP contribution in [-0.2, 0) is 31.1 Å². The van der Waals surface area contributed by atoms with E-state index in [4.69, 9.17) is 0 Å². The fourth-order valence-corrected chi connectivity index (χ4v) is 7.88. The van der Waals surface area contributed by atoms with Crippen LogP contribution < -0.4 is 10.2 Å². The molecule has 1 amide bonds. The van der Waals surface area contributed by atoms with Gasteiger partial charge in [-0.25, -0.2) is 16.8 Å². The molecular weight excluding hydrogens is 639 g/mol. The number of hydrogen-bond acceptors (Lipinski definition) is 8. The molecule has 0 bridgehead atoms. The first-order valence-electron chi connectivity index (χ1n) is 16.2. The standard InChI is InChI=1S/C35H45N3O7S2/c1-34(2)27-12-5-6-13-29(27)37(20-7-9-22-46(40,41)42)31(34)14-11-15-32-35(3,4)28-24-25(33(39)36-26-17-18-26)16-19-30(28)38(32)21-8-10-23-47(43,44)45/h5-6,11-16,19,24,26H,7-10,17-18,20-23H2,1-4H3,(H2-,36,39,40,41,42,43,44,45)/p-1. The molecule has 2 heterocycles. The number of unbranched alkanes of at least 4 members (excludes halogenated alkanes) is 2. The Morgan fingerprint density at radius 3 is 2.23 bits per heavy atom. The van der Waals surface area contributed by atoms with Gasteiger partial charge in [0.05, 0.1) is 25.7 Å². The minimum Gasteiger partial charge on any atom is -0.748 e. The summed E-state index contributed by atoms with van der Waals surface area (Å²) in [4.78, 5) is 15.1. The van der Waals surface area contributed by atoms with E-state index in [2.05, 4.69) is 66.8 Å². The molecule has 1 aliphatic carbocycles. The van der Waals surface area contributed by atoms with Crippen LogP contribution in [-0.4, -0.2) is 72.8 Å². The van der Waals surface area contributed by atoms with E-state index in [0.29, 0.717) is 31.5 Å². The summed E-state index contributed by atoms with van der Waals surface area (Å²) in [6, 6.07) is 14.1. The third-order valence-corrected chi connectivity index (χ3v) is 11.0. The quantitative estimate of drug-likeness (QED) is 0.169. The largest absolute Gasteiger partial charge is 0.748 e. The zero-order valence-electron chi connectivity index (χ0n) is 27.5. The first-order valence-corrected chi connectivity index (χ1v) is 19.4. The number of hydrogen-bond donors (Lipinski definition) is 1. The molecule has 12 heteroatoms. The van der Waals surface area contributed by atoms with Gasteiger partial charge >= 0.3 is 0 Å². The fraction of sp³-hybridized carbons (Fsp3) is 0.486. The summed E-state index contributed by atoms with van der Waals surface area (Å²) in [7, 11) is -8.58. The van der Waals surface area contributed by atoms with Gasteiger partial charge in [0, 0.05) is 70.6 Å². The molecule has 0 spiro atoms. The van der Waals surface area contributed by atoms with Crippen molar-refractivity contribution in [1.82, 2.24) is 5.32 Å². The zero-order valence-corrected chi connectivity index (χ0v) is 29.1. The van der Waals surface area contributed by atoms with E-state index in [0.717, 1.165) is 46.8 Å². The highest BCUT2D eigenvalue weighted by molar-refractivity contribution is 7.85. The number of benzene rings is 2. The summed E-state index contributed by atoms with van der Waals surface area (Å²) >= 11 is 0. The van der Waals surface area contributed by atoms with Crippen LogP contribution >= 0.6 is 0 Å². The minimum absolute atomic E-state index is 0.0944. The van der Waals surface area contributed by atoms with Gasteiger partial charge < -0.3 is 19.3 Å². The number of carbonyl (C=O) groups excluding carboxylic acids is 1. The first-order chi connectivity index (χ1) is 22.0. The predicted octanol–water partition coefficient (Wildman–Crippen LogP) is 4.84. The van der Waals surface area contributed by atoms with Crippen molar-refractivity contribution in [3.8, 4) is 0 Å². The second kappa shape index (κ2) is 13.3. The molecule has 5 rings (SSSR count). The molecule has 10 nitrogen and oxygen atoms in total. The van der Waals surface area contributed by atoms with Gasteiger partial charge in [-0.2, -0.15) is 4.58 Å². The van der Waals surface area contributed by atoms with Crippen LogP contribution in [0.1, 0.15) is 87.7 Å². The van der Waals surface area contributed by atoms with Gasteiger partial charge in [-0.05, 0) is 75.8 Å². The van der Waals surface area contributed by atoms with Crippen molar-refractivity contribution in [3.63, 3.8) is 0 Å². The average molecular weight is 683 g/mol. The van der Waals surface area contributed by atoms with Gasteiger partial charge in [0.1, 0.15) is 6.54 Å². The van der Waals surface area contributed by atoms with Crippen molar-refractivity contribution in [3.05, 3.63) is 83.1 Å². The Balaban J connectivity index is 1.48. The number of carbonyl (C=O) groups is 1. The van der Waals surface area contributed by atoms with Gasteiger partial charge in [0.15, 0.2) is 5.71 Å². The fourth-order valence-electron chi connectivity index (χ4n) is 6.76. The number of nitrogens with one attached hydrogen (secondary N) is 1. The highest BCUT2D eigenvalue weighted by atomic mass is 32.2. The molecule has 0 aromatic heterocycles. The number of allylic oxidation sites excluding steroid dienone is 4. The first kappa shape index (κ1) is 35.0. The van der Waals surface area contributed by atoms with Crippen molar-refractivity contribution >= 4 is 43.2 Å². The average Bonchev–Trinajstić information content (AvgIpc) is 3.73. The van der Waals surface area contributed by atoms with E-state index in [1.54, 1.807) is 0 Å². The van der Waals surface area contributed by atoms with Crippen LogP contribution in [0.3, 0.4) is 0 Å². The smallest absolute Gasteiger partial charge is 0.251 e. The molecule has 254 valence electrons. The Morgan fingerprint density at radius 1 is 0.915 bits per heavy atom. The van der Waals surface area contributed by atoms with Gasteiger partial charge in [-0.1, -0.05) is 38.1 Å². The molecule has 2 aromatic carbocycles. The second-order valence-electron chi connectivity index (χ2n) is 13.8. The van der Waals surface area contributed by atoms with Gasteiger partial charge in [0.25, 0.3) is 5.91 Å². The van der Waals surface area contributed by atoms with E-state index in [1.807, 2.05) is 36.4 Å². The maximum Gasteiger partial charge on any atom is 0.251 e. The Bertz CT molecular complexity index is 1850. The monoisotopic (exact) mass is 682 g/mol. The Kier molecular flexibility index (Phi) is 9.90. The lowest BCUT2D eigenvalue weighted by Crippen LogP contribution is -2.28. The van der Waals surface area contributed by atoms with Crippen molar-refractivity contribution in [2.45, 2.75) is 83.1 Å². The topological polar surface area (TPSA) is 150 Å². The Hall–Kier alpha value is -3.32. The highest BCUT2D eigenvalue weighted by Crippen LogP contribution is 2.48. The molecule has 0 saturated heterocycles. The maximum absolute atomic E-state index is 12.9. The van der Waals surface area contributed by atoms with E-state index >= 15 is 0 Å². The Labute approximate surface area is 278 Å². The summed E-state index contributed by atoms with van der Waals surface area (Å²) in [5.74, 6) is -0.900. The molecule has 0 atom stereocenters. The molecule has 47 heavy (non-hydrogen) atoms. The number of fused-ring (bicyclic) bond motifs is 2. The Morgan fingerprint density at radius 2 is 1.57 bits per heavy atom. The van der Waals surface area contributed by atoms with Crippen LogP contribution in [0.4, 0.5) is 11.4 Å². The van der Waals surface area contributed by atoms with Crippen LogP contribution in [0, 0.1) is 0 Å². The van der Waals surface area contributed by atoms with Gasteiger partial charge in [-0.15, -0.1) is 0 Å². The third-order valence-electron chi connectivity index (χ3n) is 9.43. The lowest BCUT2D eigenvalue weighted by Gasteiger charge is -2.27. The number of para-hydroxylation sites is 1. The number of amides is 1. The van der Waals surface area contributed by atoms with Crippen LogP contribution in [0.2, 0.25) is 0 Å². The van der Waals surface area contributed by atoms with Crippen molar-refractivity contribution in [2.75, 3.05) is 29.5 Å². The maximum atomic E-state index is 12.9. The molecule has 2 aliphatic heterocycles. The zero-order chi connectivity index (χ0) is 34.2. The molecule has 2 aromatic rings. The third kappa shape index (κ3) is 8.05. The van der Waals surface area contributed by atoms with Crippen molar-refractivity contribution in [1.29, 1.82) is 0 Å². The number of nitrogens with zero attached hydrogens (tertiary/aromatic N) is 2. The summed E-state index contributed by atoms with van der Waals surface area (Å²) in [6.45, 7) is 9.58. The lowest BCUT2D eigenvalue weighted by atomic mass is 9.81. The lowest BCUT2D eigenvalue weighted by molar-refractivity contribution is -0.438. The van der Waals surface area contributed by atoms with Crippen molar-refractivity contribution < 1.29 is 35.3 Å². The summed E-state index contributed by atoms with van der Waals surface area (Å²) in [5.41, 5.74) is 5.95. The van der Waals surface area contributed by atoms with Crippen LogP contribution in [0.15, 0.2) is 66.4 Å². The summed E-state index contributed by atoms with van der Waals surface area (Å²) in [6.07, 6.45) is 9.69. The molecule has 0 radical (unpaired) electrons. The van der Waals surface area contributed by atoms with Gasteiger partial charge in [-0.3, -0.25) is 4.79 Å². The normalized spacial score (nSPS) is 19.4. The van der Waals surface area contributed by atoms with Gasteiger partial charge in [0.2, 0.25) is 5.69 Å². The minimum atomic E-state index is -4.31. The van der Waals surface area contributed by atoms with Crippen LogP contribution in [0.25, 0.3) is 0 Å². The molecule has 1 N–H and O–H groups in total. The number of rotatable bonds is 14. The molecule has 0 unspecified atom stereocenters. The van der Waals surface area contributed by atoms with E-state index in [1.165, 1.54) is 0 Å². The SMILES string of the molecule is CC1(C)C(/C=C/C=C2/N(CCCCS(=O)(=O)[O-])c3ccc(C(=O)NC4CC4)cc3C2(C)C)=[N+](CCCCS(=O)(=O)[O-])c2ccccc21. The summed E-state index contributed by atoms with van der Waals surface area (Å²) in [5, 5.41) is 3.06. The summed E-state index contributed by atoms with van der Waals surface area (Å²) < 4.78 is 69.5. The highest BCUT2D eigenvalue weighted by Gasteiger charge is 2.44. The molecular formula is C35H44N3O7S2-. The van der Waals surface area contributed by atoms with Crippen LogP contribution in [0.5, 0.6) is 0 Å². The van der Waals surface area contributed by atoms with E-state index in [-0.39, 0.29) is 36.0 Å². The van der Waals surface area contributed by atoms with Crippen molar-refractivity contribution in [2.24, 2.45) is 0 Å². The molecule has 1 saturated carbocycles. The second-order valence-corrected chi connectivity index (χ2v) is 16.8. The number of anilines is 1. The van der Waals surface area contributed by atoms with E-state index < -0.39 is 31.4 Å². The van der Waals surface area contributed by atoms with E-state index in [9.17, 15) is 30.7 Å². The predicted molar refractivity (Wildman–Crippen MR) is 181 cm³/mol. The molecule has 3 aliphatic rings. The molecule has 1 fully saturated rings.